The Labute approximate surface area is 153 Å². The molecule has 2 amide bonds. The minimum absolute atomic E-state index is 0. The molecule has 1 aromatic carbocycles. The van der Waals surface area contributed by atoms with E-state index in [0.717, 1.165) is 19.4 Å². The summed E-state index contributed by atoms with van der Waals surface area (Å²) < 4.78 is 13.5. The van der Waals surface area contributed by atoms with Gasteiger partial charge in [-0.25, -0.2) is 4.39 Å². The number of rotatable bonds is 6. The van der Waals surface area contributed by atoms with Crippen LogP contribution in [-0.4, -0.2) is 49.4 Å². The lowest BCUT2D eigenvalue weighted by Crippen LogP contribution is -2.46. The van der Waals surface area contributed by atoms with Crippen molar-refractivity contribution in [3.05, 3.63) is 29.6 Å². The van der Waals surface area contributed by atoms with Gasteiger partial charge in [0.25, 0.3) is 0 Å². The molecule has 1 saturated heterocycles. The van der Waals surface area contributed by atoms with E-state index in [9.17, 15) is 14.0 Å². The van der Waals surface area contributed by atoms with Crippen molar-refractivity contribution < 1.29 is 14.0 Å². The molecule has 2 rings (SSSR count). The molecule has 140 valence electrons. The van der Waals surface area contributed by atoms with Crippen molar-refractivity contribution in [2.24, 2.45) is 11.7 Å². The maximum Gasteiger partial charge on any atom is 0.238 e. The monoisotopic (exact) mass is 372 g/mol. The SMILES string of the molecule is Cc1ccc(NC(=O)CN2CCCC(C(=O)NCCN)C2)cc1F.Cl. The number of hydrogen-bond acceptors (Lipinski definition) is 4. The summed E-state index contributed by atoms with van der Waals surface area (Å²) in [5.41, 5.74) is 6.37. The second-order valence-corrected chi connectivity index (χ2v) is 6.17. The van der Waals surface area contributed by atoms with Crippen LogP contribution in [0.1, 0.15) is 18.4 Å². The first-order valence-corrected chi connectivity index (χ1v) is 8.25. The van der Waals surface area contributed by atoms with Crippen LogP contribution >= 0.6 is 12.4 Å². The van der Waals surface area contributed by atoms with E-state index in [1.807, 2.05) is 4.90 Å². The summed E-state index contributed by atoms with van der Waals surface area (Å²) in [4.78, 5) is 26.1. The fraction of sp³-hybridized carbons (Fsp3) is 0.529. The molecule has 0 bridgehead atoms. The van der Waals surface area contributed by atoms with Gasteiger partial charge in [-0.3, -0.25) is 14.5 Å². The van der Waals surface area contributed by atoms with E-state index in [4.69, 9.17) is 5.73 Å². The minimum Gasteiger partial charge on any atom is -0.355 e. The predicted octanol–water partition coefficient (Wildman–Crippen LogP) is 1.28. The van der Waals surface area contributed by atoms with E-state index in [0.29, 0.717) is 30.9 Å². The second-order valence-electron chi connectivity index (χ2n) is 6.17. The van der Waals surface area contributed by atoms with Crippen LogP contribution in [-0.2, 0) is 9.59 Å². The number of amides is 2. The molecule has 0 radical (unpaired) electrons. The summed E-state index contributed by atoms with van der Waals surface area (Å²) in [6, 6.07) is 4.62. The molecule has 1 heterocycles. The maximum absolute atomic E-state index is 13.5. The van der Waals surface area contributed by atoms with Crippen LogP contribution in [0.15, 0.2) is 18.2 Å². The first kappa shape index (κ1) is 21.3. The Morgan fingerprint density at radius 1 is 1.40 bits per heavy atom. The van der Waals surface area contributed by atoms with E-state index in [2.05, 4.69) is 10.6 Å². The second kappa shape index (κ2) is 10.3. The summed E-state index contributed by atoms with van der Waals surface area (Å²) in [7, 11) is 0. The van der Waals surface area contributed by atoms with Crippen LogP contribution in [0.25, 0.3) is 0 Å². The van der Waals surface area contributed by atoms with Crippen molar-refractivity contribution in [2.75, 3.05) is 38.0 Å². The predicted molar refractivity (Wildman–Crippen MR) is 98.2 cm³/mol. The molecule has 0 aliphatic carbocycles. The Morgan fingerprint density at radius 2 is 2.16 bits per heavy atom. The largest absolute Gasteiger partial charge is 0.355 e. The number of aryl methyl sites for hydroxylation is 1. The number of nitrogens with zero attached hydrogens (tertiary/aromatic N) is 1. The number of anilines is 1. The first-order chi connectivity index (χ1) is 11.5. The Bertz CT molecular complexity index is 600. The summed E-state index contributed by atoms with van der Waals surface area (Å²) in [5, 5.41) is 5.49. The van der Waals surface area contributed by atoms with Gasteiger partial charge in [0, 0.05) is 25.3 Å². The number of halogens is 2. The fourth-order valence-corrected chi connectivity index (χ4v) is 2.83. The third-order valence-corrected chi connectivity index (χ3v) is 4.14. The molecular formula is C17H26ClFN4O2. The van der Waals surface area contributed by atoms with Crippen molar-refractivity contribution in [3.8, 4) is 0 Å². The van der Waals surface area contributed by atoms with Crippen LogP contribution < -0.4 is 16.4 Å². The normalized spacial score (nSPS) is 17.5. The summed E-state index contributed by atoms with van der Waals surface area (Å²) in [6.45, 7) is 4.07. The van der Waals surface area contributed by atoms with Gasteiger partial charge in [-0.15, -0.1) is 12.4 Å². The highest BCUT2D eigenvalue weighted by Gasteiger charge is 2.26. The molecule has 1 fully saturated rings. The van der Waals surface area contributed by atoms with Crippen LogP contribution in [0.5, 0.6) is 0 Å². The van der Waals surface area contributed by atoms with E-state index in [1.165, 1.54) is 6.07 Å². The molecule has 4 N–H and O–H groups in total. The zero-order valence-corrected chi connectivity index (χ0v) is 15.2. The third-order valence-electron chi connectivity index (χ3n) is 4.14. The van der Waals surface area contributed by atoms with Crippen molar-refractivity contribution in [2.45, 2.75) is 19.8 Å². The number of nitrogens with one attached hydrogen (secondary N) is 2. The van der Waals surface area contributed by atoms with E-state index < -0.39 is 0 Å². The molecule has 1 atom stereocenters. The van der Waals surface area contributed by atoms with Gasteiger partial charge in [-0.2, -0.15) is 0 Å². The van der Waals surface area contributed by atoms with Crippen LogP contribution in [0.2, 0.25) is 0 Å². The highest BCUT2D eigenvalue weighted by molar-refractivity contribution is 5.92. The molecule has 0 aromatic heterocycles. The lowest BCUT2D eigenvalue weighted by molar-refractivity contribution is -0.127. The van der Waals surface area contributed by atoms with Gasteiger partial charge in [0.05, 0.1) is 12.5 Å². The average Bonchev–Trinajstić information content (AvgIpc) is 2.56. The summed E-state index contributed by atoms with van der Waals surface area (Å²) in [6.07, 6.45) is 1.69. The Hall–Kier alpha value is -1.70. The molecule has 1 aliphatic rings. The van der Waals surface area contributed by atoms with E-state index >= 15 is 0 Å². The molecule has 1 aliphatic heterocycles. The minimum atomic E-state index is -0.345. The van der Waals surface area contributed by atoms with E-state index in [1.54, 1.807) is 19.1 Å². The highest BCUT2D eigenvalue weighted by atomic mass is 35.5. The van der Waals surface area contributed by atoms with Crippen LogP contribution in [0.4, 0.5) is 10.1 Å². The molecule has 1 unspecified atom stereocenters. The summed E-state index contributed by atoms with van der Waals surface area (Å²) in [5.74, 6) is -0.676. The zero-order chi connectivity index (χ0) is 17.5. The Morgan fingerprint density at radius 3 is 2.84 bits per heavy atom. The van der Waals surface area contributed by atoms with Gasteiger partial charge in [-0.05, 0) is 44.0 Å². The third kappa shape index (κ3) is 6.61. The van der Waals surface area contributed by atoms with Gasteiger partial charge in [-0.1, -0.05) is 6.07 Å². The van der Waals surface area contributed by atoms with Crippen LogP contribution in [0, 0.1) is 18.7 Å². The van der Waals surface area contributed by atoms with Gasteiger partial charge in [0.15, 0.2) is 0 Å². The van der Waals surface area contributed by atoms with Crippen LogP contribution in [0.3, 0.4) is 0 Å². The number of nitrogens with two attached hydrogens (primary N) is 1. The number of carbonyl (C=O) groups excluding carboxylic acids is 2. The molecular weight excluding hydrogens is 347 g/mol. The molecule has 8 heteroatoms. The maximum atomic E-state index is 13.5. The highest BCUT2D eigenvalue weighted by Crippen LogP contribution is 2.17. The lowest BCUT2D eigenvalue weighted by atomic mass is 9.97. The molecule has 6 nitrogen and oxygen atoms in total. The number of carbonyl (C=O) groups is 2. The standard InChI is InChI=1S/C17H25FN4O2.ClH/c1-12-4-5-14(9-15(12)18)21-16(23)11-22-8-2-3-13(10-22)17(24)20-7-6-19;/h4-5,9,13H,2-3,6-8,10-11,19H2,1H3,(H,20,24)(H,21,23);1H. The van der Waals surface area contributed by atoms with Crippen molar-refractivity contribution in [3.63, 3.8) is 0 Å². The van der Waals surface area contributed by atoms with Crippen molar-refractivity contribution in [1.82, 2.24) is 10.2 Å². The molecule has 25 heavy (non-hydrogen) atoms. The fourth-order valence-electron chi connectivity index (χ4n) is 2.83. The quantitative estimate of drug-likeness (QED) is 0.702. The van der Waals surface area contributed by atoms with Gasteiger partial charge >= 0.3 is 0 Å². The Kier molecular flexibility index (Phi) is 8.82. The topological polar surface area (TPSA) is 87.5 Å². The zero-order valence-electron chi connectivity index (χ0n) is 14.4. The Balaban J connectivity index is 0.00000312. The molecule has 0 spiro atoms. The average molecular weight is 373 g/mol. The molecule has 1 aromatic rings. The van der Waals surface area contributed by atoms with Gasteiger partial charge in [0.1, 0.15) is 5.82 Å². The van der Waals surface area contributed by atoms with Crippen molar-refractivity contribution in [1.29, 1.82) is 0 Å². The number of likely N-dealkylation sites (tertiary alicyclic amines) is 1. The number of hydrogen-bond donors (Lipinski definition) is 3. The smallest absolute Gasteiger partial charge is 0.238 e. The number of benzene rings is 1. The van der Waals surface area contributed by atoms with E-state index in [-0.39, 0.29) is 42.5 Å². The molecule has 0 saturated carbocycles. The number of piperidine rings is 1. The van der Waals surface area contributed by atoms with Crippen molar-refractivity contribution >= 4 is 29.9 Å². The summed E-state index contributed by atoms with van der Waals surface area (Å²) >= 11 is 0. The first-order valence-electron chi connectivity index (χ1n) is 8.25. The van der Waals surface area contributed by atoms with Gasteiger partial charge < -0.3 is 16.4 Å². The van der Waals surface area contributed by atoms with Gasteiger partial charge in [0.2, 0.25) is 11.8 Å². The lowest BCUT2D eigenvalue weighted by Gasteiger charge is -2.31.